The van der Waals surface area contributed by atoms with Crippen LogP contribution in [0.4, 0.5) is 0 Å². The standard InChI is InChI=1S/C21H28N2O4/c24-18(8-7-16-5-2-1-3-6-16)23-13-9-17(10-14-23)20(27)22-21(11-4-12-21)15-19(25)26/h1-3,5-6,17H,4,7-15H2,(H,22,27)(H,25,26). The molecule has 6 heteroatoms. The normalized spacial score (nSPS) is 19.2. The number of rotatable bonds is 7. The number of benzene rings is 1. The summed E-state index contributed by atoms with van der Waals surface area (Å²) in [7, 11) is 0. The minimum Gasteiger partial charge on any atom is -0.481 e. The average molecular weight is 372 g/mol. The zero-order chi connectivity index (χ0) is 19.3. The predicted molar refractivity (Wildman–Crippen MR) is 101 cm³/mol. The molecule has 1 aliphatic heterocycles. The summed E-state index contributed by atoms with van der Waals surface area (Å²) in [5.74, 6) is -0.908. The zero-order valence-corrected chi connectivity index (χ0v) is 15.7. The molecule has 0 aromatic heterocycles. The Kier molecular flexibility index (Phi) is 6.14. The van der Waals surface area contributed by atoms with Crippen molar-refractivity contribution in [1.82, 2.24) is 10.2 Å². The molecule has 2 fully saturated rings. The number of hydrogen-bond acceptors (Lipinski definition) is 3. The van der Waals surface area contributed by atoms with Gasteiger partial charge in [0.25, 0.3) is 0 Å². The maximum atomic E-state index is 12.6. The third-order valence-electron chi connectivity index (χ3n) is 5.88. The number of carboxylic acids is 1. The molecule has 27 heavy (non-hydrogen) atoms. The molecule has 0 atom stereocenters. The van der Waals surface area contributed by atoms with E-state index in [0.29, 0.717) is 32.4 Å². The molecule has 1 aliphatic carbocycles. The molecule has 0 spiro atoms. The van der Waals surface area contributed by atoms with E-state index in [-0.39, 0.29) is 24.2 Å². The Labute approximate surface area is 159 Å². The first-order chi connectivity index (χ1) is 13.0. The quantitative estimate of drug-likeness (QED) is 0.769. The molecule has 1 heterocycles. The van der Waals surface area contributed by atoms with Gasteiger partial charge >= 0.3 is 5.97 Å². The lowest BCUT2D eigenvalue weighted by Crippen LogP contribution is -2.57. The Balaban J connectivity index is 1.43. The van der Waals surface area contributed by atoms with Gasteiger partial charge in [0.1, 0.15) is 0 Å². The van der Waals surface area contributed by atoms with E-state index in [4.69, 9.17) is 5.11 Å². The fourth-order valence-electron chi connectivity index (χ4n) is 4.05. The van der Waals surface area contributed by atoms with Gasteiger partial charge in [-0.05, 0) is 44.1 Å². The Morgan fingerprint density at radius 3 is 2.33 bits per heavy atom. The second-order valence-corrected chi connectivity index (χ2v) is 7.83. The van der Waals surface area contributed by atoms with Gasteiger partial charge in [0, 0.05) is 25.4 Å². The van der Waals surface area contributed by atoms with Gasteiger partial charge in [-0.3, -0.25) is 14.4 Å². The molecule has 1 saturated carbocycles. The van der Waals surface area contributed by atoms with E-state index in [0.717, 1.165) is 31.2 Å². The molecular weight excluding hydrogens is 344 g/mol. The summed E-state index contributed by atoms with van der Waals surface area (Å²) in [4.78, 5) is 37.9. The molecule has 0 unspecified atom stereocenters. The highest BCUT2D eigenvalue weighted by atomic mass is 16.4. The van der Waals surface area contributed by atoms with E-state index in [1.807, 2.05) is 35.2 Å². The molecule has 3 rings (SSSR count). The summed E-state index contributed by atoms with van der Waals surface area (Å²) in [5.41, 5.74) is 0.607. The van der Waals surface area contributed by atoms with Crippen LogP contribution in [-0.4, -0.2) is 46.4 Å². The fraction of sp³-hybridized carbons (Fsp3) is 0.571. The van der Waals surface area contributed by atoms with Gasteiger partial charge in [0.15, 0.2) is 0 Å². The van der Waals surface area contributed by atoms with Crippen molar-refractivity contribution in [2.75, 3.05) is 13.1 Å². The van der Waals surface area contributed by atoms with Gasteiger partial charge in [-0.2, -0.15) is 0 Å². The lowest BCUT2D eigenvalue weighted by atomic mass is 9.74. The van der Waals surface area contributed by atoms with Gasteiger partial charge in [-0.15, -0.1) is 0 Å². The number of aryl methyl sites for hydroxylation is 1. The van der Waals surface area contributed by atoms with Crippen molar-refractivity contribution in [1.29, 1.82) is 0 Å². The van der Waals surface area contributed by atoms with E-state index in [9.17, 15) is 14.4 Å². The number of nitrogens with zero attached hydrogens (tertiary/aromatic N) is 1. The third-order valence-corrected chi connectivity index (χ3v) is 5.88. The zero-order valence-electron chi connectivity index (χ0n) is 15.7. The molecule has 1 aromatic rings. The van der Waals surface area contributed by atoms with Crippen molar-refractivity contribution < 1.29 is 19.5 Å². The van der Waals surface area contributed by atoms with Crippen molar-refractivity contribution in [2.24, 2.45) is 5.92 Å². The lowest BCUT2D eigenvalue weighted by molar-refractivity contribution is -0.142. The summed E-state index contributed by atoms with van der Waals surface area (Å²) in [6.07, 6.45) is 4.94. The van der Waals surface area contributed by atoms with Gasteiger partial charge < -0.3 is 15.3 Å². The van der Waals surface area contributed by atoms with E-state index in [2.05, 4.69) is 5.32 Å². The molecule has 1 aromatic carbocycles. The average Bonchev–Trinajstić information content (AvgIpc) is 2.65. The number of carboxylic acid groups (broad SMARTS) is 1. The number of likely N-dealkylation sites (tertiary alicyclic amines) is 1. The van der Waals surface area contributed by atoms with Crippen molar-refractivity contribution >= 4 is 17.8 Å². The van der Waals surface area contributed by atoms with Crippen LogP contribution in [0.3, 0.4) is 0 Å². The minimum absolute atomic E-state index is 0.00441. The first kappa shape index (κ1) is 19.4. The third kappa shape index (κ3) is 5.08. The molecule has 0 bridgehead atoms. The van der Waals surface area contributed by atoms with Crippen LogP contribution in [0.5, 0.6) is 0 Å². The largest absolute Gasteiger partial charge is 0.481 e. The van der Waals surface area contributed by atoms with Crippen LogP contribution >= 0.6 is 0 Å². The number of nitrogens with one attached hydrogen (secondary N) is 1. The van der Waals surface area contributed by atoms with Crippen molar-refractivity contribution in [3.8, 4) is 0 Å². The monoisotopic (exact) mass is 372 g/mol. The number of carbonyl (C=O) groups excluding carboxylic acids is 2. The fourth-order valence-corrected chi connectivity index (χ4v) is 4.05. The number of aliphatic carboxylic acids is 1. The summed E-state index contributed by atoms with van der Waals surface area (Å²) in [5, 5.41) is 12.1. The molecular formula is C21H28N2O4. The smallest absolute Gasteiger partial charge is 0.305 e. The maximum Gasteiger partial charge on any atom is 0.305 e. The second kappa shape index (κ2) is 8.55. The lowest BCUT2D eigenvalue weighted by Gasteiger charge is -2.43. The topological polar surface area (TPSA) is 86.7 Å². The van der Waals surface area contributed by atoms with Crippen LogP contribution in [0.25, 0.3) is 0 Å². The summed E-state index contributed by atoms with van der Waals surface area (Å²) < 4.78 is 0. The Hall–Kier alpha value is -2.37. The van der Waals surface area contributed by atoms with Gasteiger partial charge in [-0.25, -0.2) is 0 Å². The second-order valence-electron chi connectivity index (χ2n) is 7.83. The minimum atomic E-state index is -0.867. The first-order valence-corrected chi connectivity index (χ1v) is 9.83. The van der Waals surface area contributed by atoms with E-state index >= 15 is 0 Å². The van der Waals surface area contributed by atoms with Crippen LogP contribution in [0.2, 0.25) is 0 Å². The number of hydrogen-bond donors (Lipinski definition) is 2. The van der Waals surface area contributed by atoms with Crippen LogP contribution in [0.1, 0.15) is 50.5 Å². The van der Waals surface area contributed by atoms with Crippen LogP contribution in [0, 0.1) is 5.92 Å². The van der Waals surface area contributed by atoms with Crippen molar-refractivity contribution in [3.63, 3.8) is 0 Å². The highest BCUT2D eigenvalue weighted by Crippen LogP contribution is 2.35. The van der Waals surface area contributed by atoms with E-state index in [1.165, 1.54) is 0 Å². The predicted octanol–water partition coefficient (Wildman–Crippen LogP) is 2.37. The number of carbonyl (C=O) groups is 3. The van der Waals surface area contributed by atoms with Crippen LogP contribution in [0.15, 0.2) is 30.3 Å². The Morgan fingerprint density at radius 2 is 1.78 bits per heavy atom. The van der Waals surface area contributed by atoms with Gasteiger partial charge in [0.05, 0.1) is 12.0 Å². The van der Waals surface area contributed by atoms with Crippen molar-refractivity contribution in [3.05, 3.63) is 35.9 Å². The highest BCUT2D eigenvalue weighted by molar-refractivity contribution is 5.82. The molecule has 2 amide bonds. The molecule has 2 N–H and O–H groups in total. The molecule has 0 radical (unpaired) electrons. The van der Waals surface area contributed by atoms with E-state index in [1.54, 1.807) is 0 Å². The summed E-state index contributed by atoms with van der Waals surface area (Å²) in [6.45, 7) is 1.19. The van der Waals surface area contributed by atoms with Crippen LogP contribution in [-0.2, 0) is 20.8 Å². The Bertz CT molecular complexity index is 677. The van der Waals surface area contributed by atoms with E-state index < -0.39 is 11.5 Å². The maximum absolute atomic E-state index is 12.6. The number of piperidine rings is 1. The molecule has 6 nitrogen and oxygen atoms in total. The Morgan fingerprint density at radius 1 is 1.11 bits per heavy atom. The number of amides is 2. The van der Waals surface area contributed by atoms with Gasteiger partial charge in [0.2, 0.25) is 11.8 Å². The van der Waals surface area contributed by atoms with Crippen molar-refractivity contribution in [2.45, 2.75) is 56.9 Å². The molecule has 1 saturated heterocycles. The van der Waals surface area contributed by atoms with Crippen LogP contribution < -0.4 is 5.32 Å². The summed E-state index contributed by atoms with van der Waals surface area (Å²) in [6, 6.07) is 9.96. The molecule has 146 valence electrons. The summed E-state index contributed by atoms with van der Waals surface area (Å²) >= 11 is 0. The SMILES string of the molecule is O=C(O)CC1(NC(=O)C2CCN(C(=O)CCc3ccccc3)CC2)CCC1. The van der Waals surface area contributed by atoms with Gasteiger partial charge in [-0.1, -0.05) is 30.3 Å². The highest BCUT2D eigenvalue weighted by Gasteiger charge is 2.41. The first-order valence-electron chi connectivity index (χ1n) is 9.83. The molecule has 2 aliphatic rings.